The second kappa shape index (κ2) is 16.1. The van der Waals surface area contributed by atoms with E-state index in [0.29, 0.717) is 22.6 Å². The van der Waals surface area contributed by atoms with Crippen molar-refractivity contribution >= 4 is 37.7 Å². The maximum Gasteiger partial charge on any atom is 0.530 e. The van der Waals surface area contributed by atoms with Crippen LogP contribution in [0.25, 0.3) is 0 Å². The van der Waals surface area contributed by atoms with Gasteiger partial charge in [-0.25, -0.2) is 18.9 Å². The Balaban J connectivity index is 2.02. The van der Waals surface area contributed by atoms with Gasteiger partial charge in [0, 0.05) is 24.7 Å². The highest BCUT2D eigenvalue weighted by molar-refractivity contribution is 7.49. The number of anilines is 1. The van der Waals surface area contributed by atoms with E-state index in [2.05, 4.69) is 16.8 Å². The van der Waals surface area contributed by atoms with Crippen LogP contribution in [-0.4, -0.2) is 74.5 Å². The fourth-order valence-corrected chi connectivity index (χ4v) is 6.13. The Kier molecular flexibility index (Phi) is 12.9. The molecule has 3 amide bonds. The van der Waals surface area contributed by atoms with Crippen LogP contribution in [-0.2, 0) is 44.8 Å². The molecule has 1 aromatic heterocycles. The number of amides is 3. The molecule has 0 radical (unpaired) electrons. The first-order valence-corrected chi connectivity index (χ1v) is 17.6. The van der Waals surface area contributed by atoms with Crippen LogP contribution in [0.5, 0.6) is 5.75 Å². The van der Waals surface area contributed by atoms with Crippen molar-refractivity contribution in [3.63, 3.8) is 0 Å². The minimum Gasteiger partial charge on any atom is -0.480 e. The van der Waals surface area contributed by atoms with Crippen molar-refractivity contribution in [2.75, 3.05) is 24.6 Å². The highest BCUT2D eigenvalue weighted by atomic mass is 31.2. The summed E-state index contributed by atoms with van der Waals surface area (Å²) < 4.78 is 41.9. The van der Waals surface area contributed by atoms with Gasteiger partial charge in [0.1, 0.15) is 35.6 Å². The molecule has 0 aliphatic carbocycles. The Morgan fingerprint density at radius 2 is 1.65 bits per heavy atom. The zero-order chi connectivity index (χ0) is 38.4. The Labute approximate surface area is 296 Å². The van der Waals surface area contributed by atoms with Crippen LogP contribution in [0.1, 0.15) is 86.3 Å². The largest absolute Gasteiger partial charge is 0.530 e. The van der Waals surface area contributed by atoms with Gasteiger partial charge in [-0.1, -0.05) is 37.0 Å². The fraction of sp³-hybridized carbons (Fsp3) is 0.529. The van der Waals surface area contributed by atoms with Crippen molar-refractivity contribution in [3.8, 4) is 17.6 Å². The van der Waals surface area contributed by atoms with Gasteiger partial charge in [-0.3, -0.25) is 23.2 Å². The number of carboxylic acid groups (broad SMARTS) is 1. The van der Waals surface area contributed by atoms with Crippen LogP contribution in [0.2, 0.25) is 0 Å². The molecule has 2 aromatic rings. The van der Waals surface area contributed by atoms with Gasteiger partial charge < -0.3 is 24.0 Å². The number of phosphoric acid groups is 1. The normalized spacial score (nSPS) is 16.4. The lowest BCUT2D eigenvalue weighted by molar-refractivity contribution is -0.144. The molecule has 3 rings (SSSR count). The molecule has 51 heavy (non-hydrogen) atoms. The molecule has 1 atom stereocenters. The quantitative estimate of drug-likeness (QED) is 0.184. The van der Waals surface area contributed by atoms with Gasteiger partial charge in [0.25, 0.3) is 0 Å². The molecule has 0 saturated heterocycles. The van der Waals surface area contributed by atoms with Crippen molar-refractivity contribution in [2.45, 2.75) is 98.5 Å². The molecule has 16 nitrogen and oxygen atoms in total. The molecule has 1 aromatic carbocycles. The molecule has 1 unspecified atom stereocenters. The van der Waals surface area contributed by atoms with Crippen LogP contribution in [0, 0.1) is 11.8 Å². The number of nitrogens with zero attached hydrogens (tertiary/aromatic N) is 4. The third kappa shape index (κ3) is 11.7. The van der Waals surface area contributed by atoms with Gasteiger partial charge in [0.15, 0.2) is 5.82 Å². The smallest absolute Gasteiger partial charge is 0.480 e. The Bertz CT molecular complexity index is 1790. The SMILES string of the molecule is CCCN(CC(=O)O)C(=O)Cn1cc(C#CCCOP2(=O)Oc3ccccc3C(C)(C)O2)c(N(C(=O)OC(C)(C)C)C(=O)OC(C)(C)C)nc1=O. The predicted molar refractivity (Wildman–Crippen MR) is 184 cm³/mol. The Morgan fingerprint density at radius 1 is 1.04 bits per heavy atom. The molecule has 0 bridgehead atoms. The van der Waals surface area contributed by atoms with Crippen LogP contribution < -0.4 is 15.1 Å². The number of para-hydroxylation sites is 1. The van der Waals surface area contributed by atoms with E-state index in [1.165, 1.54) is 0 Å². The number of carbonyl (C=O) groups excluding carboxylic acids is 3. The minimum atomic E-state index is -4.07. The van der Waals surface area contributed by atoms with E-state index in [4.69, 9.17) is 23.0 Å². The molecule has 0 saturated carbocycles. The Hall–Kier alpha value is -4.71. The molecule has 2 heterocycles. The molecule has 1 N–H and O–H groups in total. The third-order valence-electron chi connectivity index (χ3n) is 6.60. The number of carboxylic acids is 1. The van der Waals surface area contributed by atoms with Crippen LogP contribution in [0.3, 0.4) is 0 Å². The predicted octanol–water partition coefficient (Wildman–Crippen LogP) is 5.45. The van der Waals surface area contributed by atoms with Gasteiger partial charge >= 0.3 is 31.7 Å². The average molecular weight is 733 g/mol. The number of carbonyl (C=O) groups is 4. The van der Waals surface area contributed by atoms with E-state index in [1.54, 1.807) is 86.6 Å². The molecule has 1 aliphatic rings. The second-order valence-corrected chi connectivity index (χ2v) is 15.4. The highest BCUT2D eigenvalue weighted by Crippen LogP contribution is 2.60. The minimum absolute atomic E-state index is 0.0853. The van der Waals surface area contributed by atoms with Gasteiger partial charge in [-0.2, -0.15) is 9.88 Å². The summed E-state index contributed by atoms with van der Waals surface area (Å²) in [6, 6.07) is 6.95. The molecular formula is C34H45N4O12P. The zero-order valence-corrected chi connectivity index (χ0v) is 31.2. The number of hydrogen-bond acceptors (Lipinski definition) is 12. The van der Waals surface area contributed by atoms with Crippen LogP contribution in [0.4, 0.5) is 15.4 Å². The van der Waals surface area contributed by atoms with E-state index >= 15 is 0 Å². The van der Waals surface area contributed by atoms with Gasteiger partial charge in [0.2, 0.25) is 5.91 Å². The molecule has 1 aliphatic heterocycles. The summed E-state index contributed by atoms with van der Waals surface area (Å²) in [4.78, 5) is 70.0. The average Bonchev–Trinajstić information content (AvgIpc) is 2.96. The lowest BCUT2D eigenvalue weighted by Crippen LogP contribution is -2.46. The van der Waals surface area contributed by atoms with E-state index in [0.717, 1.165) is 15.7 Å². The summed E-state index contributed by atoms with van der Waals surface area (Å²) in [5.41, 5.74) is -3.68. The van der Waals surface area contributed by atoms with Gasteiger partial charge in [0.05, 0.1) is 12.2 Å². The van der Waals surface area contributed by atoms with E-state index in [1.807, 2.05) is 0 Å². The first-order chi connectivity index (χ1) is 23.5. The topological polar surface area (TPSA) is 193 Å². The maximum atomic E-state index is 13.4. The number of aromatic nitrogens is 2. The monoisotopic (exact) mass is 732 g/mol. The molecule has 0 spiro atoms. The van der Waals surface area contributed by atoms with Crippen molar-refractivity contribution in [3.05, 3.63) is 52.1 Å². The third-order valence-corrected chi connectivity index (χ3v) is 8.20. The van der Waals surface area contributed by atoms with E-state index in [9.17, 15) is 33.6 Å². The van der Waals surface area contributed by atoms with Crippen LogP contribution in [0.15, 0.2) is 35.3 Å². The number of ether oxygens (including phenoxy) is 2. The summed E-state index contributed by atoms with van der Waals surface area (Å²) in [7, 11) is -4.07. The van der Waals surface area contributed by atoms with Crippen molar-refractivity contribution < 1.29 is 51.9 Å². The maximum absolute atomic E-state index is 13.4. The summed E-state index contributed by atoms with van der Waals surface area (Å²) in [5.74, 6) is 3.38. The van der Waals surface area contributed by atoms with Crippen molar-refractivity contribution in [2.24, 2.45) is 0 Å². The summed E-state index contributed by atoms with van der Waals surface area (Å²) in [6.45, 7) is 13.3. The summed E-state index contributed by atoms with van der Waals surface area (Å²) in [5, 5.41) is 9.27. The number of aliphatic carboxylic acids is 1. The first kappa shape index (κ1) is 40.7. The van der Waals surface area contributed by atoms with E-state index in [-0.39, 0.29) is 25.1 Å². The van der Waals surface area contributed by atoms with Gasteiger partial charge in [-0.05, 0) is 67.9 Å². The molecular weight excluding hydrogens is 687 g/mol. The molecule has 0 fully saturated rings. The fourth-order valence-electron chi connectivity index (χ4n) is 4.62. The number of phosphoric ester groups is 1. The van der Waals surface area contributed by atoms with E-state index < -0.39 is 73.3 Å². The number of fused-ring (bicyclic) bond motifs is 1. The second-order valence-electron chi connectivity index (χ2n) is 13.9. The van der Waals surface area contributed by atoms with Gasteiger partial charge in [-0.15, -0.1) is 0 Å². The summed E-state index contributed by atoms with van der Waals surface area (Å²) >= 11 is 0. The van der Waals surface area contributed by atoms with Crippen LogP contribution >= 0.6 is 7.82 Å². The number of hydrogen-bond donors (Lipinski definition) is 1. The molecule has 17 heteroatoms. The van der Waals surface area contributed by atoms with Crippen molar-refractivity contribution in [1.29, 1.82) is 0 Å². The summed E-state index contributed by atoms with van der Waals surface area (Å²) in [6.07, 6.45) is -0.952. The standard InChI is InChI=1S/C34H45N4O12P/c1-10-18-36(22-27(40)41)26(39)21-37-20-23(15-13-14-19-46-51(45)49-25-17-12-11-16-24(25)34(8,9)50-51)28(35-29(37)42)38(30(43)47-32(2,3)4)31(44)48-33(5,6)7/h11-12,16-17,20H,10,14,18-19,21-22H2,1-9H3,(H,40,41). The number of imide groups is 1. The van der Waals surface area contributed by atoms with Crippen molar-refractivity contribution in [1.82, 2.24) is 14.5 Å². The lowest BCUT2D eigenvalue weighted by atomic mass is 9.98. The zero-order valence-electron chi connectivity index (χ0n) is 30.3. The Morgan fingerprint density at radius 3 is 2.22 bits per heavy atom. The number of rotatable bonds is 10. The highest BCUT2D eigenvalue weighted by Gasteiger charge is 2.44. The lowest BCUT2D eigenvalue weighted by Gasteiger charge is -2.35. The number of benzene rings is 1. The molecule has 278 valence electrons. The first-order valence-electron chi connectivity index (χ1n) is 16.1.